The molecule has 0 aliphatic carbocycles. The van der Waals surface area contributed by atoms with Crippen LogP contribution >= 0.6 is 58.0 Å². The van der Waals surface area contributed by atoms with Crippen LogP contribution in [0.5, 0.6) is 0 Å². The standard InChI is InChI=1S/C17H13ClFN3O.C16H13F2N3O.C15H17Cl2N3O2.C14H17Cl2N3O.C2H3N3/c18-15-4-2-1-3-14(15)16-17(23-16,9-22-11-20-10-21-22)12-5-7-13(19)8-6-12;17-13-7-5-12(6-8-13)16(22,9-21-11-19-10-20-21)14-3-1-2-4-15(14)18;1-2-3-12-7-21-15(22-12,8-20-10-18-9-19-20)13-5-4-11(16)6-14(13)17;1-2-3-6-14(20,8-19-10-17-9-18-19)12-5-4-11(15)7-13(12)16;1-2-4-5-3-1/h1-8,10-11,16H,9H2;1-8,10-11,22H,9H2;4-6,9-10,12H,2-3,7-8H2,1H3;4-5,7,9-10,20H,2-3,6,8H2,1H3;1-2H,(H,3,4,5). The lowest BCUT2D eigenvalue weighted by molar-refractivity contribution is -0.189. The fourth-order valence-electron chi connectivity index (χ4n) is 10.3. The van der Waals surface area contributed by atoms with E-state index in [4.69, 9.17) is 72.2 Å². The summed E-state index contributed by atoms with van der Waals surface area (Å²) in [6, 6.07) is 35.7. The maximum atomic E-state index is 14.2. The largest absolute Gasteiger partial charge is 0.383 e. The fourth-order valence-corrected chi connectivity index (χ4v) is 11.7. The summed E-state index contributed by atoms with van der Waals surface area (Å²) in [7, 11) is 0. The minimum atomic E-state index is -1.69. The molecule has 28 heteroatoms. The van der Waals surface area contributed by atoms with Gasteiger partial charge in [0.2, 0.25) is 5.79 Å². The van der Waals surface area contributed by atoms with Crippen LogP contribution in [0.4, 0.5) is 13.2 Å². The van der Waals surface area contributed by atoms with E-state index in [-0.39, 0.29) is 30.1 Å². The van der Waals surface area contributed by atoms with Crippen LogP contribution in [-0.4, -0.2) is 97.4 Å². The zero-order valence-corrected chi connectivity index (χ0v) is 53.4. The monoisotopic (exact) mass is 1350 g/mol. The third-order valence-corrected chi connectivity index (χ3v) is 16.3. The van der Waals surface area contributed by atoms with Crippen LogP contribution < -0.4 is 0 Å². The number of hydrogen-bond donors (Lipinski definition) is 3. The van der Waals surface area contributed by atoms with Gasteiger partial charge in [-0.15, -0.1) is 5.10 Å². The maximum Gasteiger partial charge on any atom is 0.217 e. The van der Waals surface area contributed by atoms with E-state index in [1.807, 2.05) is 30.3 Å². The number of rotatable bonds is 19. The van der Waals surface area contributed by atoms with Crippen LogP contribution in [0.3, 0.4) is 0 Å². The maximum absolute atomic E-state index is 14.2. The number of aliphatic hydroxyl groups is 2. The molecule has 11 aromatic rings. The molecule has 6 atom stereocenters. The summed E-state index contributed by atoms with van der Waals surface area (Å²) in [5, 5.41) is 50.5. The summed E-state index contributed by atoms with van der Waals surface area (Å²) in [6.07, 6.45) is 19.5. The first-order valence-corrected chi connectivity index (χ1v) is 30.8. The molecule has 0 radical (unpaired) electrons. The summed E-state index contributed by atoms with van der Waals surface area (Å²) in [5.74, 6) is -2.22. The summed E-state index contributed by atoms with van der Waals surface area (Å²) in [4.78, 5) is 15.7. The average Bonchev–Trinajstić information content (AvgIpc) is 1.55. The van der Waals surface area contributed by atoms with Gasteiger partial charge < -0.3 is 24.4 Å². The number of epoxide rings is 1. The van der Waals surface area contributed by atoms with Crippen molar-refractivity contribution < 1.29 is 37.6 Å². The molecule has 2 aliphatic rings. The molecule has 0 bridgehead atoms. The first kappa shape index (κ1) is 68.4. The second-order valence-corrected chi connectivity index (χ2v) is 23.4. The van der Waals surface area contributed by atoms with E-state index in [1.54, 1.807) is 100 Å². The van der Waals surface area contributed by atoms with Crippen LogP contribution in [0.2, 0.25) is 25.1 Å². The lowest BCUT2D eigenvalue weighted by Gasteiger charge is -2.29. The third-order valence-electron chi connectivity index (χ3n) is 14.8. The van der Waals surface area contributed by atoms with Gasteiger partial charge in [0.15, 0.2) is 0 Å². The first-order valence-electron chi connectivity index (χ1n) is 28.9. The highest BCUT2D eigenvalue weighted by Crippen LogP contribution is 2.59. The summed E-state index contributed by atoms with van der Waals surface area (Å²) in [5.41, 5.74) is 0.314. The van der Waals surface area contributed by atoms with Gasteiger partial charge >= 0.3 is 0 Å². The van der Waals surface area contributed by atoms with Crippen molar-refractivity contribution in [2.24, 2.45) is 0 Å². The number of ether oxygens (including phenoxy) is 3. The molecular formula is C64H63Cl5F3N15O5. The number of halogens is 8. The molecule has 0 saturated carbocycles. The Balaban J connectivity index is 0.000000141. The van der Waals surface area contributed by atoms with Crippen molar-refractivity contribution >= 4 is 58.0 Å². The van der Waals surface area contributed by atoms with Crippen molar-refractivity contribution in [3.63, 3.8) is 0 Å². The Hall–Kier alpha value is -7.94. The summed E-state index contributed by atoms with van der Waals surface area (Å²) in [6.45, 7) is 5.87. The fraction of sp³-hybridized carbons (Fsp3) is 0.281. The van der Waals surface area contributed by atoms with Gasteiger partial charge in [-0.25, -0.2) is 51.8 Å². The van der Waals surface area contributed by atoms with Crippen molar-refractivity contribution in [1.82, 2.24) is 74.5 Å². The smallest absolute Gasteiger partial charge is 0.217 e. The van der Waals surface area contributed by atoms with E-state index in [0.717, 1.165) is 42.4 Å². The van der Waals surface area contributed by atoms with E-state index in [2.05, 4.69) is 69.6 Å². The summed E-state index contributed by atoms with van der Waals surface area (Å²) < 4.78 is 65.4. The van der Waals surface area contributed by atoms with Crippen LogP contribution in [0.25, 0.3) is 0 Å². The molecule has 0 spiro atoms. The Labute approximate surface area is 552 Å². The number of nitrogens with zero attached hydrogens (tertiary/aromatic N) is 14. The van der Waals surface area contributed by atoms with E-state index in [1.165, 1.54) is 84.8 Å². The number of aromatic nitrogens is 15. The molecule has 2 saturated heterocycles. The quantitative estimate of drug-likeness (QED) is 0.0639. The Bertz CT molecular complexity index is 3970. The minimum absolute atomic E-state index is 0.0419. The first-order chi connectivity index (χ1) is 44.5. The summed E-state index contributed by atoms with van der Waals surface area (Å²) >= 11 is 30.8. The second-order valence-electron chi connectivity index (χ2n) is 21.3. The van der Waals surface area contributed by atoms with Gasteiger partial charge in [-0.1, -0.05) is 169 Å². The number of hydrogen-bond acceptors (Lipinski definition) is 15. The van der Waals surface area contributed by atoms with Crippen molar-refractivity contribution in [1.29, 1.82) is 0 Å². The molecule has 5 aromatic heterocycles. The van der Waals surface area contributed by atoms with Crippen LogP contribution in [0.15, 0.2) is 196 Å². The molecule has 20 nitrogen and oxygen atoms in total. The zero-order valence-electron chi connectivity index (χ0n) is 49.6. The minimum Gasteiger partial charge on any atom is -0.383 e. The number of aromatic amines is 1. The van der Waals surface area contributed by atoms with Crippen molar-refractivity contribution in [3.05, 3.63) is 272 Å². The molecule has 2 fully saturated rings. The molecule has 6 unspecified atom stereocenters. The van der Waals surface area contributed by atoms with Crippen LogP contribution in [-0.2, 0) is 63.0 Å². The van der Waals surface area contributed by atoms with E-state index in [0.29, 0.717) is 68.9 Å². The molecule has 13 rings (SSSR count). The Kier molecular flexibility index (Phi) is 23.9. The van der Waals surface area contributed by atoms with Crippen molar-refractivity contribution in [3.8, 4) is 0 Å². The number of H-pyrrole nitrogens is 1. The number of benzene rings is 6. The molecule has 0 amide bonds. The SMILES string of the molecule is CCCC1COC(Cn2cncn2)(c2ccc(Cl)cc2Cl)O1.CCCCC(O)(Cn1cncn1)c1ccc(Cl)cc1Cl.Fc1ccc(C2(Cn3cncn3)OC2c2ccccc2Cl)cc1.OC(Cn1cncn1)(c1ccc(F)cc1)c1ccccc1F.c1c[nH]nn1. The second kappa shape index (κ2) is 32.1. The Morgan fingerprint density at radius 2 is 1.20 bits per heavy atom. The molecule has 7 heterocycles. The predicted molar refractivity (Wildman–Crippen MR) is 339 cm³/mol. The number of unbranched alkanes of at least 4 members (excludes halogenated alkanes) is 1. The van der Waals surface area contributed by atoms with E-state index in [9.17, 15) is 23.4 Å². The normalized spacial score (nSPS) is 18.5. The van der Waals surface area contributed by atoms with Gasteiger partial charge in [0.05, 0.1) is 43.6 Å². The van der Waals surface area contributed by atoms with E-state index >= 15 is 0 Å². The van der Waals surface area contributed by atoms with E-state index < -0.39 is 34.2 Å². The van der Waals surface area contributed by atoms with Crippen LogP contribution in [0, 0.1) is 17.5 Å². The lowest BCUT2D eigenvalue weighted by atomic mass is 9.86. The highest BCUT2D eigenvalue weighted by atomic mass is 35.5. The molecule has 92 heavy (non-hydrogen) atoms. The zero-order chi connectivity index (χ0) is 65.1. The van der Waals surface area contributed by atoms with Crippen molar-refractivity contribution in [2.45, 2.75) is 107 Å². The van der Waals surface area contributed by atoms with Crippen molar-refractivity contribution in [2.75, 3.05) is 6.61 Å². The van der Waals surface area contributed by atoms with Gasteiger partial charge in [0, 0.05) is 48.5 Å². The molecule has 3 N–H and O–H groups in total. The van der Waals surface area contributed by atoms with Gasteiger partial charge in [0.25, 0.3) is 0 Å². The molecule has 6 aromatic carbocycles. The van der Waals surface area contributed by atoms with Gasteiger partial charge in [0.1, 0.15) is 97.5 Å². The molecular weight excluding hydrogens is 1290 g/mol. The third kappa shape index (κ3) is 17.6. The lowest BCUT2D eigenvalue weighted by Crippen LogP contribution is -2.34. The highest BCUT2D eigenvalue weighted by molar-refractivity contribution is 6.35. The highest BCUT2D eigenvalue weighted by Gasteiger charge is 2.59. The van der Waals surface area contributed by atoms with Gasteiger partial charge in [-0.05, 0) is 84.6 Å². The van der Waals surface area contributed by atoms with Gasteiger partial charge in [-0.3, -0.25) is 5.10 Å². The topological polar surface area (TPSA) is 236 Å². The number of nitrogens with one attached hydrogen (secondary N) is 1. The van der Waals surface area contributed by atoms with Gasteiger partial charge in [-0.2, -0.15) is 20.4 Å². The Morgan fingerprint density at radius 3 is 1.75 bits per heavy atom. The Morgan fingerprint density at radius 1 is 0.609 bits per heavy atom. The van der Waals surface area contributed by atoms with Crippen LogP contribution in [0.1, 0.15) is 85.4 Å². The molecule has 480 valence electrons. The average molecular weight is 1360 g/mol. The predicted octanol–water partition coefficient (Wildman–Crippen LogP) is 13.4. The molecule has 2 aliphatic heterocycles.